The van der Waals surface area contributed by atoms with E-state index in [1.165, 1.54) is 12.8 Å². The Kier molecular flexibility index (Phi) is 3.33. The molecule has 2 unspecified atom stereocenters. The van der Waals surface area contributed by atoms with Crippen LogP contribution in [0.5, 0.6) is 0 Å². The van der Waals surface area contributed by atoms with Crippen LogP contribution in [0.2, 0.25) is 0 Å². The van der Waals surface area contributed by atoms with Gasteiger partial charge >= 0.3 is 0 Å². The fourth-order valence-corrected chi connectivity index (χ4v) is 3.14. The molecule has 0 N–H and O–H groups in total. The number of pyridine rings is 1. The summed E-state index contributed by atoms with van der Waals surface area (Å²) in [6, 6.07) is 9.84. The molecule has 1 aliphatic carbocycles. The number of nitrogens with zero attached hydrogens (tertiary/aromatic N) is 1. The van der Waals surface area contributed by atoms with E-state index >= 15 is 0 Å². The van der Waals surface area contributed by atoms with E-state index < -0.39 is 0 Å². The van der Waals surface area contributed by atoms with Gasteiger partial charge in [-0.05, 0) is 37.3 Å². The molecule has 3 rings (SSSR count). The number of carbonyl (C=O) groups excluding carboxylic acids is 1. The van der Waals surface area contributed by atoms with Gasteiger partial charge in [-0.1, -0.05) is 31.5 Å². The van der Waals surface area contributed by atoms with Gasteiger partial charge < -0.3 is 0 Å². The van der Waals surface area contributed by atoms with Crippen LogP contribution in [0.1, 0.15) is 43.0 Å². The fourth-order valence-electron chi connectivity index (χ4n) is 3.14. The number of rotatable bonds is 3. The smallest absolute Gasteiger partial charge is 0.166 e. The first kappa shape index (κ1) is 12.3. The summed E-state index contributed by atoms with van der Waals surface area (Å²) >= 11 is 0. The summed E-state index contributed by atoms with van der Waals surface area (Å²) in [6.07, 6.45) is 6.30. The first-order chi connectivity index (χ1) is 9.28. The highest BCUT2D eigenvalue weighted by molar-refractivity contribution is 6.00. The highest BCUT2D eigenvalue weighted by atomic mass is 16.1. The molecule has 2 aromatic rings. The average molecular weight is 253 g/mol. The maximum atomic E-state index is 12.5. The van der Waals surface area contributed by atoms with Crippen molar-refractivity contribution in [2.45, 2.75) is 32.6 Å². The van der Waals surface area contributed by atoms with E-state index in [1.807, 2.05) is 30.3 Å². The summed E-state index contributed by atoms with van der Waals surface area (Å²) in [6.45, 7) is 2.22. The van der Waals surface area contributed by atoms with E-state index in [4.69, 9.17) is 0 Å². The Balaban J connectivity index is 1.85. The van der Waals surface area contributed by atoms with Crippen LogP contribution in [0.3, 0.4) is 0 Å². The highest BCUT2D eigenvalue weighted by Gasteiger charge is 2.29. The second-order valence-corrected chi connectivity index (χ2v) is 5.56. The molecule has 98 valence electrons. The van der Waals surface area contributed by atoms with Gasteiger partial charge in [-0.25, -0.2) is 0 Å². The minimum atomic E-state index is 0.228. The fraction of sp³-hybridized carbons (Fsp3) is 0.412. The summed E-state index contributed by atoms with van der Waals surface area (Å²) in [5.74, 6) is 1.28. The van der Waals surface area contributed by atoms with Crippen molar-refractivity contribution in [1.82, 2.24) is 4.98 Å². The molecule has 1 aromatic carbocycles. The molecule has 0 spiro atoms. The first-order valence-electron chi connectivity index (χ1n) is 7.17. The van der Waals surface area contributed by atoms with E-state index in [0.717, 1.165) is 35.2 Å². The standard InChI is InChI=1S/C17H19NO/c1-2-12-5-6-14(10-12)17(19)15-8-7-13-4-3-9-18-16(13)11-15/h3-4,7-9,11-12,14H,2,5-6,10H2,1H3. The minimum absolute atomic E-state index is 0.228. The molecule has 19 heavy (non-hydrogen) atoms. The summed E-state index contributed by atoms with van der Waals surface area (Å²) < 4.78 is 0. The highest BCUT2D eigenvalue weighted by Crippen LogP contribution is 2.35. The Morgan fingerprint density at radius 1 is 1.32 bits per heavy atom. The molecule has 0 saturated heterocycles. The lowest BCUT2D eigenvalue weighted by Gasteiger charge is -2.09. The van der Waals surface area contributed by atoms with Crippen LogP contribution < -0.4 is 0 Å². The zero-order valence-electron chi connectivity index (χ0n) is 11.3. The van der Waals surface area contributed by atoms with E-state index in [-0.39, 0.29) is 5.92 Å². The van der Waals surface area contributed by atoms with E-state index in [2.05, 4.69) is 11.9 Å². The summed E-state index contributed by atoms with van der Waals surface area (Å²) in [7, 11) is 0. The quantitative estimate of drug-likeness (QED) is 0.766. The number of carbonyl (C=O) groups is 1. The SMILES string of the molecule is CCC1CCC(C(=O)c2ccc3cccnc3c2)C1. The van der Waals surface area contributed by atoms with Crippen molar-refractivity contribution in [3.8, 4) is 0 Å². The third-order valence-corrected chi connectivity index (χ3v) is 4.38. The molecule has 0 aliphatic heterocycles. The van der Waals surface area contributed by atoms with Gasteiger partial charge in [-0.15, -0.1) is 0 Å². The number of hydrogen-bond acceptors (Lipinski definition) is 2. The van der Waals surface area contributed by atoms with Crippen LogP contribution in [0.15, 0.2) is 36.5 Å². The lowest BCUT2D eigenvalue weighted by Crippen LogP contribution is -2.11. The van der Waals surface area contributed by atoms with Crippen LogP contribution in [0, 0.1) is 11.8 Å². The molecule has 0 amide bonds. The van der Waals surface area contributed by atoms with Gasteiger partial charge in [0.15, 0.2) is 5.78 Å². The van der Waals surface area contributed by atoms with Crippen LogP contribution in [-0.2, 0) is 0 Å². The largest absolute Gasteiger partial charge is 0.294 e. The van der Waals surface area contributed by atoms with Crippen molar-refractivity contribution in [1.29, 1.82) is 0 Å². The van der Waals surface area contributed by atoms with Crippen LogP contribution in [0.25, 0.3) is 10.9 Å². The molecule has 2 heteroatoms. The number of Topliss-reactive ketones (excluding diaryl/α,β-unsaturated/α-hetero) is 1. The molecular formula is C17H19NO. The third-order valence-electron chi connectivity index (χ3n) is 4.38. The van der Waals surface area contributed by atoms with Gasteiger partial charge in [0.2, 0.25) is 0 Å². The zero-order chi connectivity index (χ0) is 13.2. The van der Waals surface area contributed by atoms with Gasteiger partial charge in [-0.2, -0.15) is 0 Å². The molecular weight excluding hydrogens is 234 g/mol. The number of hydrogen-bond donors (Lipinski definition) is 0. The van der Waals surface area contributed by atoms with Crippen molar-refractivity contribution in [3.63, 3.8) is 0 Å². The summed E-state index contributed by atoms with van der Waals surface area (Å²) in [5.41, 5.74) is 1.74. The van der Waals surface area contributed by atoms with Gasteiger partial charge in [0.25, 0.3) is 0 Å². The topological polar surface area (TPSA) is 30.0 Å². The minimum Gasteiger partial charge on any atom is -0.294 e. The average Bonchev–Trinajstić information content (AvgIpc) is 2.95. The molecule has 1 fully saturated rings. The van der Waals surface area contributed by atoms with Crippen LogP contribution >= 0.6 is 0 Å². The molecule has 0 bridgehead atoms. The number of ketones is 1. The molecule has 1 heterocycles. The van der Waals surface area contributed by atoms with Gasteiger partial charge in [0.05, 0.1) is 5.52 Å². The van der Waals surface area contributed by atoms with Crippen LogP contribution in [-0.4, -0.2) is 10.8 Å². The Morgan fingerprint density at radius 3 is 3.00 bits per heavy atom. The predicted molar refractivity (Wildman–Crippen MR) is 77.2 cm³/mol. The molecule has 2 atom stereocenters. The predicted octanol–water partition coefficient (Wildman–Crippen LogP) is 4.24. The second kappa shape index (κ2) is 5.12. The Hall–Kier alpha value is -1.70. The Morgan fingerprint density at radius 2 is 2.21 bits per heavy atom. The number of aromatic nitrogens is 1. The first-order valence-corrected chi connectivity index (χ1v) is 7.17. The van der Waals surface area contributed by atoms with Gasteiger partial charge in [-0.3, -0.25) is 9.78 Å². The van der Waals surface area contributed by atoms with Gasteiger partial charge in [0, 0.05) is 23.1 Å². The third kappa shape index (κ3) is 2.40. The maximum Gasteiger partial charge on any atom is 0.166 e. The van der Waals surface area contributed by atoms with E-state index in [0.29, 0.717) is 5.78 Å². The van der Waals surface area contributed by atoms with Crippen molar-refractivity contribution in [2.24, 2.45) is 11.8 Å². The molecule has 1 aliphatic rings. The normalized spacial score (nSPS) is 22.8. The lowest BCUT2D eigenvalue weighted by molar-refractivity contribution is 0.0920. The Bertz CT molecular complexity index is 605. The number of fused-ring (bicyclic) bond motifs is 1. The summed E-state index contributed by atoms with van der Waals surface area (Å²) in [4.78, 5) is 16.9. The molecule has 0 radical (unpaired) electrons. The monoisotopic (exact) mass is 253 g/mol. The van der Waals surface area contributed by atoms with Crippen molar-refractivity contribution < 1.29 is 4.79 Å². The van der Waals surface area contributed by atoms with Crippen molar-refractivity contribution >= 4 is 16.7 Å². The number of benzene rings is 1. The van der Waals surface area contributed by atoms with Crippen molar-refractivity contribution in [3.05, 3.63) is 42.1 Å². The Labute approximate surface area is 113 Å². The lowest BCUT2D eigenvalue weighted by atomic mass is 9.94. The summed E-state index contributed by atoms with van der Waals surface area (Å²) in [5, 5.41) is 1.09. The molecule has 2 nitrogen and oxygen atoms in total. The van der Waals surface area contributed by atoms with Crippen molar-refractivity contribution in [2.75, 3.05) is 0 Å². The molecule has 1 aromatic heterocycles. The van der Waals surface area contributed by atoms with E-state index in [1.54, 1.807) is 6.20 Å². The second-order valence-electron chi connectivity index (χ2n) is 5.56. The maximum absolute atomic E-state index is 12.5. The molecule has 1 saturated carbocycles. The van der Waals surface area contributed by atoms with Crippen LogP contribution in [0.4, 0.5) is 0 Å². The van der Waals surface area contributed by atoms with Gasteiger partial charge in [0.1, 0.15) is 0 Å². The zero-order valence-corrected chi connectivity index (χ0v) is 11.3. The van der Waals surface area contributed by atoms with E-state index in [9.17, 15) is 4.79 Å².